The standard InChI is InChI=1S/2C23H22/c2*1-16-12-14-23(15-13-16)20-9-5-4-8-19(20)22-18-7-3-2-6-17(18)10-11-21(22)23/h2*2-11,16H,12-15H2,1H3. The monoisotopic (exact) mass is 596 g/mol. The second kappa shape index (κ2) is 10.7. The molecule has 6 aromatic carbocycles. The minimum atomic E-state index is 0.266. The molecule has 0 radical (unpaired) electrons. The van der Waals surface area contributed by atoms with E-state index in [0.29, 0.717) is 0 Å². The summed E-state index contributed by atoms with van der Waals surface area (Å²) < 4.78 is 0. The first-order chi connectivity index (χ1) is 22.6. The van der Waals surface area contributed by atoms with Crippen LogP contribution in [-0.4, -0.2) is 0 Å². The minimum absolute atomic E-state index is 0.266. The van der Waals surface area contributed by atoms with E-state index in [0.717, 1.165) is 11.8 Å². The molecule has 0 heterocycles. The average Bonchev–Trinajstić information content (AvgIpc) is 3.55. The molecule has 2 spiro atoms. The van der Waals surface area contributed by atoms with Gasteiger partial charge in [-0.1, -0.05) is 135 Å². The van der Waals surface area contributed by atoms with Crippen LogP contribution in [0.25, 0.3) is 43.8 Å². The molecule has 0 aromatic heterocycles. The van der Waals surface area contributed by atoms with Crippen LogP contribution in [0.1, 0.15) is 87.5 Å². The zero-order valence-electron chi connectivity index (χ0n) is 27.4. The Bertz CT molecular complexity index is 1940. The van der Waals surface area contributed by atoms with Crippen molar-refractivity contribution in [3.63, 3.8) is 0 Å². The highest BCUT2D eigenvalue weighted by molar-refractivity contribution is 6.03. The van der Waals surface area contributed by atoms with E-state index in [1.165, 1.54) is 95.2 Å². The Kier molecular flexibility index (Phi) is 6.53. The second-order valence-corrected chi connectivity index (χ2v) is 15.0. The molecule has 2 fully saturated rings. The molecule has 0 unspecified atom stereocenters. The fourth-order valence-electron chi connectivity index (χ4n) is 10.0. The lowest BCUT2D eigenvalue weighted by atomic mass is 9.65. The topological polar surface area (TPSA) is 0 Å². The predicted molar refractivity (Wildman–Crippen MR) is 196 cm³/mol. The molecule has 10 rings (SSSR count). The van der Waals surface area contributed by atoms with Crippen molar-refractivity contribution in [1.29, 1.82) is 0 Å². The third kappa shape index (κ3) is 4.05. The highest BCUT2D eigenvalue weighted by Crippen LogP contribution is 2.59. The molecule has 0 aliphatic heterocycles. The van der Waals surface area contributed by atoms with E-state index >= 15 is 0 Å². The van der Waals surface area contributed by atoms with Gasteiger partial charge in [-0.2, -0.15) is 0 Å². The third-order valence-corrected chi connectivity index (χ3v) is 12.6. The van der Waals surface area contributed by atoms with E-state index in [2.05, 4.69) is 135 Å². The Balaban J connectivity index is 0.000000127. The smallest absolute Gasteiger partial charge is 0.0215 e. The number of benzene rings is 6. The molecular weight excluding hydrogens is 553 g/mol. The Morgan fingerprint density at radius 3 is 1.20 bits per heavy atom. The van der Waals surface area contributed by atoms with Crippen molar-refractivity contribution >= 4 is 21.5 Å². The zero-order chi connectivity index (χ0) is 30.9. The Labute approximate surface area is 274 Å². The van der Waals surface area contributed by atoms with Gasteiger partial charge < -0.3 is 0 Å². The Hall–Kier alpha value is -4.16. The SMILES string of the molecule is CC1CCC2(CC1)c1ccccc1-c1c2ccc2ccccc12.CC1CCC2(CC1)c1ccccc1-c1c2ccc2ccccc12. The van der Waals surface area contributed by atoms with Crippen LogP contribution in [0.2, 0.25) is 0 Å². The predicted octanol–water partition coefficient (Wildman–Crippen LogP) is 12.6. The number of rotatable bonds is 0. The first-order valence-electron chi connectivity index (χ1n) is 17.8. The summed E-state index contributed by atoms with van der Waals surface area (Å²) in [4.78, 5) is 0. The highest BCUT2D eigenvalue weighted by atomic mass is 14.5. The molecule has 0 atom stereocenters. The van der Waals surface area contributed by atoms with Crippen LogP contribution in [-0.2, 0) is 10.8 Å². The second-order valence-electron chi connectivity index (χ2n) is 15.0. The molecule has 2 saturated carbocycles. The molecule has 228 valence electrons. The highest BCUT2D eigenvalue weighted by Gasteiger charge is 2.46. The van der Waals surface area contributed by atoms with E-state index in [4.69, 9.17) is 0 Å². The summed E-state index contributed by atoms with van der Waals surface area (Å²) in [5.74, 6) is 1.74. The summed E-state index contributed by atoms with van der Waals surface area (Å²) in [5, 5.41) is 5.57. The fraction of sp³-hybridized carbons (Fsp3) is 0.304. The van der Waals surface area contributed by atoms with Gasteiger partial charge >= 0.3 is 0 Å². The van der Waals surface area contributed by atoms with E-state index in [1.807, 2.05) is 0 Å². The lowest BCUT2D eigenvalue weighted by Gasteiger charge is -2.38. The van der Waals surface area contributed by atoms with Crippen LogP contribution in [0.4, 0.5) is 0 Å². The maximum Gasteiger partial charge on any atom is 0.0215 e. The van der Waals surface area contributed by atoms with Crippen LogP contribution < -0.4 is 0 Å². The molecule has 0 N–H and O–H groups in total. The van der Waals surface area contributed by atoms with Crippen molar-refractivity contribution in [2.45, 2.75) is 76.0 Å². The van der Waals surface area contributed by atoms with Crippen molar-refractivity contribution in [2.75, 3.05) is 0 Å². The molecule has 0 bridgehead atoms. The van der Waals surface area contributed by atoms with Crippen LogP contribution in [0.3, 0.4) is 0 Å². The number of fused-ring (bicyclic) bond motifs is 14. The summed E-state index contributed by atoms with van der Waals surface area (Å²) >= 11 is 0. The summed E-state index contributed by atoms with van der Waals surface area (Å²) in [6, 6.07) is 45.6. The zero-order valence-corrected chi connectivity index (χ0v) is 27.4. The molecule has 4 aliphatic carbocycles. The summed E-state index contributed by atoms with van der Waals surface area (Å²) in [6.07, 6.45) is 10.6. The van der Waals surface area contributed by atoms with Crippen molar-refractivity contribution in [2.24, 2.45) is 11.8 Å². The maximum atomic E-state index is 2.42. The lowest BCUT2D eigenvalue weighted by Crippen LogP contribution is -2.30. The van der Waals surface area contributed by atoms with Gasteiger partial charge in [-0.3, -0.25) is 0 Å². The third-order valence-electron chi connectivity index (χ3n) is 12.6. The molecule has 0 amide bonds. The van der Waals surface area contributed by atoms with Crippen LogP contribution in [0.15, 0.2) is 121 Å². The van der Waals surface area contributed by atoms with Gasteiger partial charge in [0, 0.05) is 10.8 Å². The normalized spacial score (nSPS) is 25.5. The van der Waals surface area contributed by atoms with Gasteiger partial charge in [-0.15, -0.1) is 0 Å². The maximum absolute atomic E-state index is 2.42. The Morgan fingerprint density at radius 1 is 0.391 bits per heavy atom. The van der Waals surface area contributed by atoms with Gasteiger partial charge in [-0.25, -0.2) is 0 Å². The van der Waals surface area contributed by atoms with Crippen LogP contribution in [0, 0.1) is 11.8 Å². The average molecular weight is 597 g/mol. The van der Waals surface area contributed by atoms with Crippen molar-refractivity contribution in [3.05, 3.63) is 144 Å². The first-order valence-corrected chi connectivity index (χ1v) is 17.8. The largest absolute Gasteiger partial charge is 0.0625 e. The van der Waals surface area contributed by atoms with Gasteiger partial charge in [0.15, 0.2) is 0 Å². The quantitative estimate of drug-likeness (QED) is 0.164. The Morgan fingerprint density at radius 2 is 0.761 bits per heavy atom. The molecule has 0 nitrogen and oxygen atoms in total. The van der Waals surface area contributed by atoms with E-state index in [9.17, 15) is 0 Å². The van der Waals surface area contributed by atoms with Crippen molar-refractivity contribution in [1.82, 2.24) is 0 Å². The lowest BCUT2D eigenvalue weighted by molar-refractivity contribution is 0.285. The van der Waals surface area contributed by atoms with Gasteiger partial charge in [-0.05, 0) is 129 Å². The summed E-state index contributed by atoms with van der Waals surface area (Å²) in [6.45, 7) is 4.82. The molecular formula is C46H44. The van der Waals surface area contributed by atoms with Gasteiger partial charge in [0.2, 0.25) is 0 Å². The van der Waals surface area contributed by atoms with E-state index in [-0.39, 0.29) is 10.8 Å². The molecule has 0 saturated heterocycles. The summed E-state index contributed by atoms with van der Waals surface area (Å²) in [5.41, 5.74) is 12.8. The van der Waals surface area contributed by atoms with Gasteiger partial charge in [0.05, 0.1) is 0 Å². The van der Waals surface area contributed by atoms with Crippen molar-refractivity contribution in [3.8, 4) is 22.3 Å². The minimum Gasteiger partial charge on any atom is -0.0625 e. The summed E-state index contributed by atoms with van der Waals surface area (Å²) in [7, 11) is 0. The molecule has 4 aliphatic rings. The fourth-order valence-corrected chi connectivity index (χ4v) is 10.0. The van der Waals surface area contributed by atoms with Crippen LogP contribution >= 0.6 is 0 Å². The van der Waals surface area contributed by atoms with Gasteiger partial charge in [0.25, 0.3) is 0 Å². The van der Waals surface area contributed by atoms with Crippen molar-refractivity contribution < 1.29 is 0 Å². The van der Waals surface area contributed by atoms with Gasteiger partial charge in [0.1, 0.15) is 0 Å². The van der Waals surface area contributed by atoms with E-state index < -0.39 is 0 Å². The molecule has 46 heavy (non-hydrogen) atoms. The number of hydrogen-bond donors (Lipinski definition) is 0. The van der Waals surface area contributed by atoms with E-state index in [1.54, 1.807) is 22.3 Å². The molecule has 0 heteroatoms. The number of hydrogen-bond acceptors (Lipinski definition) is 0. The molecule has 6 aromatic rings. The first kappa shape index (κ1) is 28.1. The van der Waals surface area contributed by atoms with Crippen LogP contribution in [0.5, 0.6) is 0 Å².